The number of benzene rings is 2. The Kier molecular flexibility index (Phi) is 6.32. The van der Waals surface area contributed by atoms with Gasteiger partial charge in [0.05, 0.1) is 23.4 Å². The molecular formula is C24H26FN5O2. The smallest absolute Gasteiger partial charge is 0.259 e. The number of halogens is 1. The first-order valence-corrected chi connectivity index (χ1v) is 10.6. The Hall–Kier alpha value is -3.52. The van der Waals surface area contributed by atoms with Gasteiger partial charge in [-0.15, -0.1) is 0 Å². The fourth-order valence-corrected chi connectivity index (χ4v) is 4.14. The molecule has 1 saturated heterocycles. The van der Waals surface area contributed by atoms with Gasteiger partial charge in [-0.2, -0.15) is 5.10 Å². The molecule has 1 unspecified atom stereocenters. The van der Waals surface area contributed by atoms with Crippen LogP contribution in [0.4, 0.5) is 10.1 Å². The lowest BCUT2D eigenvalue weighted by Crippen LogP contribution is -2.40. The highest BCUT2D eigenvalue weighted by Crippen LogP contribution is 2.24. The van der Waals surface area contributed by atoms with Crippen molar-refractivity contribution in [1.29, 1.82) is 0 Å². The summed E-state index contributed by atoms with van der Waals surface area (Å²) in [7, 11) is 0. The van der Waals surface area contributed by atoms with Crippen molar-refractivity contribution in [2.24, 2.45) is 11.7 Å². The van der Waals surface area contributed by atoms with Crippen molar-refractivity contribution in [2.75, 3.05) is 18.4 Å². The molecule has 0 radical (unpaired) electrons. The van der Waals surface area contributed by atoms with Gasteiger partial charge in [0, 0.05) is 18.8 Å². The summed E-state index contributed by atoms with van der Waals surface area (Å²) in [5.74, 6) is -1.13. The molecule has 1 atom stereocenters. The second-order valence-electron chi connectivity index (χ2n) is 8.09. The van der Waals surface area contributed by atoms with Gasteiger partial charge in [-0.25, -0.2) is 9.07 Å². The van der Waals surface area contributed by atoms with Crippen LogP contribution in [0.3, 0.4) is 0 Å². The van der Waals surface area contributed by atoms with Crippen molar-refractivity contribution < 1.29 is 14.0 Å². The Balaban J connectivity index is 1.51. The molecule has 1 aliphatic rings. The molecule has 0 aliphatic carbocycles. The number of rotatable bonds is 6. The van der Waals surface area contributed by atoms with Crippen LogP contribution in [0, 0.1) is 18.7 Å². The number of likely N-dealkylation sites (tertiary alicyclic amines) is 1. The van der Waals surface area contributed by atoms with Crippen molar-refractivity contribution in [1.82, 2.24) is 14.7 Å². The number of hydrogen-bond donors (Lipinski definition) is 2. The summed E-state index contributed by atoms with van der Waals surface area (Å²) in [5, 5.41) is 7.18. The molecule has 8 heteroatoms. The Morgan fingerprint density at radius 3 is 2.72 bits per heavy atom. The molecule has 166 valence electrons. The van der Waals surface area contributed by atoms with E-state index in [-0.39, 0.29) is 17.7 Å². The van der Waals surface area contributed by atoms with Gasteiger partial charge in [-0.05, 0) is 50.1 Å². The average molecular weight is 436 g/mol. The van der Waals surface area contributed by atoms with Gasteiger partial charge in [0.2, 0.25) is 5.91 Å². The summed E-state index contributed by atoms with van der Waals surface area (Å²) < 4.78 is 15.6. The number of aromatic nitrogens is 2. The van der Waals surface area contributed by atoms with E-state index in [0.29, 0.717) is 35.7 Å². The number of para-hydroxylation sites is 2. The minimum absolute atomic E-state index is 0.141. The fraction of sp³-hybridized carbons (Fsp3) is 0.292. The maximum absolute atomic E-state index is 14.2. The molecule has 1 aliphatic heterocycles. The normalized spacial score (nSPS) is 16.6. The highest BCUT2D eigenvalue weighted by atomic mass is 19.1. The van der Waals surface area contributed by atoms with Crippen molar-refractivity contribution in [2.45, 2.75) is 26.3 Å². The van der Waals surface area contributed by atoms with Gasteiger partial charge in [0.25, 0.3) is 5.91 Å². The zero-order valence-corrected chi connectivity index (χ0v) is 17.9. The third-order valence-electron chi connectivity index (χ3n) is 5.90. The first-order valence-electron chi connectivity index (χ1n) is 10.6. The number of nitrogens with zero attached hydrogens (tertiary/aromatic N) is 3. The van der Waals surface area contributed by atoms with Crippen LogP contribution in [-0.2, 0) is 11.3 Å². The molecule has 0 saturated carbocycles. The lowest BCUT2D eigenvalue weighted by atomic mass is 9.97. The van der Waals surface area contributed by atoms with Gasteiger partial charge in [-0.3, -0.25) is 14.5 Å². The van der Waals surface area contributed by atoms with Gasteiger partial charge >= 0.3 is 0 Å². The van der Waals surface area contributed by atoms with Crippen molar-refractivity contribution >= 4 is 17.5 Å². The quantitative estimate of drug-likeness (QED) is 0.622. The van der Waals surface area contributed by atoms with E-state index in [4.69, 9.17) is 5.73 Å². The Morgan fingerprint density at radius 1 is 1.19 bits per heavy atom. The molecular weight excluding hydrogens is 409 g/mol. The summed E-state index contributed by atoms with van der Waals surface area (Å²) in [6.07, 6.45) is 3.17. The lowest BCUT2D eigenvalue weighted by Gasteiger charge is -2.31. The number of primary amides is 1. The lowest BCUT2D eigenvalue weighted by molar-refractivity contribution is -0.123. The van der Waals surface area contributed by atoms with E-state index in [0.717, 1.165) is 24.9 Å². The molecule has 0 spiro atoms. The maximum Gasteiger partial charge on any atom is 0.259 e. The topological polar surface area (TPSA) is 93.2 Å². The monoisotopic (exact) mass is 435 g/mol. The van der Waals surface area contributed by atoms with E-state index in [1.54, 1.807) is 25.1 Å². The summed E-state index contributed by atoms with van der Waals surface area (Å²) in [5.41, 5.74) is 8.34. The standard InChI is InChI=1S/C24H26FN5O2/c1-16-19(13-27-30(16)22-11-5-3-9-20(22)25)24(32)28-21-10-4-2-7-17(21)14-29-12-6-8-18(15-29)23(26)31/h2-5,7,9-11,13,18H,6,8,12,14-15H2,1H3,(H2,26,31)(H,28,32). The number of carbonyl (C=O) groups is 2. The highest BCUT2D eigenvalue weighted by Gasteiger charge is 2.25. The van der Waals surface area contributed by atoms with E-state index in [1.807, 2.05) is 24.3 Å². The van der Waals surface area contributed by atoms with Gasteiger partial charge in [0.15, 0.2) is 0 Å². The number of anilines is 1. The van der Waals surface area contributed by atoms with Gasteiger partial charge in [-0.1, -0.05) is 30.3 Å². The molecule has 3 N–H and O–H groups in total. The molecule has 32 heavy (non-hydrogen) atoms. The first kappa shape index (κ1) is 21.7. The third kappa shape index (κ3) is 4.55. The Morgan fingerprint density at radius 2 is 1.94 bits per heavy atom. The molecule has 2 aromatic carbocycles. The van der Waals surface area contributed by atoms with Crippen LogP contribution in [0.15, 0.2) is 54.7 Å². The zero-order chi connectivity index (χ0) is 22.7. The minimum Gasteiger partial charge on any atom is -0.369 e. The van der Waals surface area contributed by atoms with E-state index in [9.17, 15) is 14.0 Å². The first-order chi connectivity index (χ1) is 15.4. The van der Waals surface area contributed by atoms with Crippen LogP contribution in [0.5, 0.6) is 0 Å². The fourth-order valence-electron chi connectivity index (χ4n) is 4.14. The highest BCUT2D eigenvalue weighted by molar-refractivity contribution is 6.05. The largest absolute Gasteiger partial charge is 0.369 e. The minimum atomic E-state index is -0.410. The van der Waals surface area contributed by atoms with Crippen LogP contribution in [0.1, 0.15) is 34.5 Å². The second-order valence-corrected chi connectivity index (χ2v) is 8.09. The van der Waals surface area contributed by atoms with E-state index >= 15 is 0 Å². The number of nitrogens with two attached hydrogens (primary N) is 1. The summed E-state index contributed by atoms with van der Waals surface area (Å²) in [4.78, 5) is 26.8. The van der Waals surface area contributed by atoms with Crippen molar-refractivity contribution in [3.8, 4) is 5.69 Å². The Bertz CT molecular complexity index is 1140. The number of amides is 2. The van der Waals surface area contributed by atoms with Crippen LogP contribution in [0.25, 0.3) is 5.69 Å². The van der Waals surface area contributed by atoms with Crippen LogP contribution < -0.4 is 11.1 Å². The molecule has 7 nitrogen and oxygen atoms in total. The Labute approximate surface area is 186 Å². The molecule has 1 aromatic heterocycles. The zero-order valence-electron chi connectivity index (χ0n) is 17.9. The SMILES string of the molecule is Cc1c(C(=O)Nc2ccccc2CN2CCCC(C(N)=O)C2)cnn1-c1ccccc1F. The van der Waals surface area contributed by atoms with Crippen molar-refractivity contribution in [3.63, 3.8) is 0 Å². The average Bonchev–Trinajstić information content (AvgIpc) is 3.17. The summed E-state index contributed by atoms with van der Waals surface area (Å²) in [6.45, 7) is 3.83. The second kappa shape index (κ2) is 9.32. The van der Waals surface area contributed by atoms with Crippen LogP contribution in [-0.4, -0.2) is 39.6 Å². The molecule has 2 heterocycles. The summed E-state index contributed by atoms with van der Waals surface area (Å²) >= 11 is 0. The molecule has 3 aromatic rings. The third-order valence-corrected chi connectivity index (χ3v) is 5.90. The predicted molar refractivity (Wildman–Crippen MR) is 120 cm³/mol. The van der Waals surface area contributed by atoms with Crippen molar-refractivity contribution in [3.05, 3.63) is 77.4 Å². The molecule has 2 amide bonds. The van der Waals surface area contributed by atoms with Crippen LogP contribution >= 0.6 is 0 Å². The van der Waals surface area contributed by atoms with Gasteiger partial charge in [0.1, 0.15) is 11.5 Å². The molecule has 4 rings (SSSR count). The van der Waals surface area contributed by atoms with E-state index < -0.39 is 5.82 Å². The summed E-state index contributed by atoms with van der Waals surface area (Å²) in [6, 6.07) is 13.9. The molecule has 1 fully saturated rings. The van der Waals surface area contributed by atoms with Gasteiger partial charge < -0.3 is 11.1 Å². The number of piperidine rings is 1. The predicted octanol–water partition coefficient (Wildman–Crippen LogP) is 3.27. The van der Waals surface area contributed by atoms with Crippen LogP contribution in [0.2, 0.25) is 0 Å². The number of hydrogen-bond acceptors (Lipinski definition) is 4. The number of nitrogens with one attached hydrogen (secondary N) is 1. The van der Waals surface area contributed by atoms with E-state index in [1.165, 1.54) is 16.9 Å². The number of carbonyl (C=O) groups excluding carboxylic acids is 2. The maximum atomic E-state index is 14.2. The molecule has 0 bridgehead atoms. The van der Waals surface area contributed by atoms with E-state index in [2.05, 4.69) is 15.3 Å².